The number of nitrogens with one attached hydrogen (secondary N) is 1. The van der Waals surface area contributed by atoms with Crippen molar-refractivity contribution in [3.05, 3.63) is 29.3 Å². The average Bonchev–Trinajstić information content (AvgIpc) is 2.67. The van der Waals surface area contributed by atoms with E-state index in [1.165, 1.54) is 11.1 Å². The number of hydrogen-bond acceptors (Lipinski definition) is 2. The molecule has 1 aliphatic heterocycles. The number of benzene rings is 1. The third-order valence-electron chi connectivity index (χ3n) is 2.92. The molecule has 1 atom stereocenters. The van der Waals surface area contributed by atoms with Crippen LogP contribution in [0.15, 0.2) is 18.2 Å². The lowest BCUT2D eigenvalue weighted by Crippen LogP contribution is -2.18. The van der Waals surface area contributed by atoms with Gasteiger partial charge in [-0.25, -0.2) is 0 Å². The monoisotopic (exact) mass is 205 g/mol. The number of rotatable bonds is 4. The highest BCUT2D eigenvalue weighted by Gasteiger charge is 2.16. The Hall–Kier alpha value is -1.02. The van der Waals surface area contributed by atoms with Crippen molar-refractivity contribution >= 4 is 0 Å². The lowest BCUT2D eigenvalue weighted by Gasteiger charge is -2.13. The molecular formula is C13H19NO. The molecule has 0 aromatic heterocycles. The first-order valence-electron chi connectivity index (χ1n) is 5.69. The first kappa shape index (κ1) is 10.5. The SMILES string of the molecule is CNCC(C)Cc1cccc2c1OCC2. The van der Waals surface area contributed by atoms with E-state index in [0.29, 0.717) is 5.92 Å². The van der Waals surface area contributed by atoms with Gasteiger partial charge < -0.3 is 10.1 Å². The minimum absolute atomic E-state index is 0.658. The predicted molar refractivity (Wildman–Crippen MR) is 62.4 cm³/mol. The van der Waals surface area contributed by atoms with Crippen molar-refractivity contribution in [3.63, 3.8) is 0 Å². The molecule has 15 heavy (non-hydrogen) atoms. The summed E-state index contributed by atoms with van der Waals surface area (Å²) in [6.45, 7) is 4.18. The standard InChI is InChI=1S/C13H19NO/c1-10(9-14-2)8-12-5-3-4-11-6-7-15-13(11)12/h3-5,10,14H,6-9H2,1-2H3. The zero-order valence-corrected chi connectivity index (χ0v) is 9.55. The van der Waals surface area contributed by atoms with Crippen molar-refractivity contribution in [2.45, 2.75) is 19.8 Å². The first-order valence-corrected chi connectivity index (χ1v) is 5.69. The highest BCUT2D eigenvalue weighted by atomic mass is 16.5. The summed E-state index contributed by atoms with van der Waals surface area (Å²) in [4.78, 5) is 0. The quantitative estimate of drug-likeness (QED) is 0.812. The molecule has 1 unspecified atom stereocenters. The molecule has 0 aliphatic carbocycles. The topological polar surface area (TPSA) is 21.3 Å². The van der Waals surface area contributed by atoms with Crippen LogP contribution in [0.4, 0.5) is 0 Å². The highest BCUT2D eigenvalue weighted by molar-refractivity contribution is 5.44. The molecular weight excluding hydrogens is 186 g/mol. The molecule has 1 aromatic rings. The number of fused-ring (bicyclic) bond motifs is 1. The van der Waals surface area contributed by atoms with Gasteiger partial charge in [-0.2, -0.15) is 0 Å². The summed E-state index contributed by atoms with van der Waals surface area (Å²) in [7, 11) is 2.00. The Morgan fingerprint density at radius 2 is 2.33 bits per heavy atom. The lowest BCUT2D eigenvalue weighted by molar-refractivity contribution is 0.351. The van der Waals surface area contributed by atoms with Gasteiger partial charge in [0.1, 0.15) is 5.75 Å². The molecule has 1 N–H and O–H groups in total. The van der Waals surface area contributed by atoms with E-state index in [1.807, 2.05) is 7.05 Å². The van der Waals surface area contributed by atoms with Crippen molar-refractivity contribution in [2.24, 2.45) is 5.92 Å². The van der Waals surface area contributed by atoms with E-state index in [9.17, 15) is 0 Å². The van der Waals surface area contributed by atoms with E-state index in [0.717, 1.165) is 31.7 Å². The van der Waals surface area contributed by atoms with Crippen LogP contribution in [0.1, 0.15) is 18.1 Å². The maximum atomic E-state index is 5.69. The Labute approximate surface area is 91.6 Å². The van der Waals surface area contributed by atoms with E-state index in [1.54, 1.807) is 0 Å². The maximum absolute atomic E-state index is 5.69. The van der Waals surface area contributed by atoms with E-state index >= 15 is 0 Å². The van der Waals surface area contributed by atoms with Gasteiger partial charge in [0, 0.05) is 6.42 Å². The summed E-state index contributed by atoms with van der Waals surface area (Å²) < 4.78 is 5.69. The molecule has 0 amide bonds. The minimum Gasteiger partial charge on any atom is -0.493 e. The van der Waals surface area contributed by atoms with E-state index in [2.05, 4.69) is 30.4 Å². The van der Waals surface area contributed by atoms with E-state index in [-0.39, 0.29) is 0 Å². The van der Waals surface area contributed by atoms with Crippen LogP contribution in [0.25, 0.3) is 0 Å². The summed E-state index contributed by atoms with van der Waals surface area (Å²) in [5.41, 5.74) is 2.75. The van der Waals surface area contributed by atoms with Crippen molar-refractivity contribution in [3.8, 4) is 5.75 Å². The second kappa shape index (κ2) is 4.67. The van der Waals surface area contributed by atoms with Gasteiger partial charge in [-0.1, -0.05) is 25.1 Å². The van der Waals surface area contributed by atoms with Gasteiger partial charge in [-0.15, -0.1) is 0 Å². The summed E-state index contributed by atoms with van der Waals surface area (Å²) in [6.07, 6.45) is 2.17. The Morgan fingerprint density at radius 1 is 1.47 bits per heavy atom. The molecule has 0 spiro atoms. The molecule has 2 heteroatoms. The highest BCUT2D eigenvalue weighted by Crippen LogP contribution is 2.30. The van der Waals surface area contributed by atoms with Crippen molar-refractivity contribution in [2.75, 3.05) is 20.2 Å². The lowest BCUT2D eigenvalue weighted by atomic mass is 9.98. The fourth-order valence-corrected chi connectivity index (χ4v) is 2.24. The third-order valence-corrected chi connectivity index (χ3v) is 2.92. The number of ether oxygens (including phenoxy) is 1. The summed E-state index contributed by atoms with van der Waals surface area (Å²) >= 11 is 0. The summed E-state index contributed by atoms with van der Waals surface area (Å²) in [6, 6.07) is 6.51. The van der Waals surface area contributed by atoms with Gasteiger partial charge in [-0.05, 0) is 37.1 Å². The summed E-state index contributed by atoms with van der Waals surface area (Å²) in [5.74, 6) is 1.81. The molecule has 1 aliphatic rings. The van der Waals surface area contributed by atoms with Crippen molar-refractivity contribution in [1.82, 2.24) is 5.32 Å². The minimum atomic E-state index is 0.658. The van der Waals surface area contributed by atoms with Crippen molar-refractivity contribution in [1.29, 1.82) is 0 Å². The van der Waals surface area contributed by atoms with Gasteiger partial charge in [0.25, 0.3) is 0 Å². The molecule has 2 nitrogen and oxygen atoms in total. The summed E-state index contributed by atoms with van der Waals surface area (Å²) in [5, 5.41) is 3.21. The number of hydrogen-bond donors (Lipinski definition) is 1. The van der Waals surface area contributed by atoms with Crippen LogP contribution < -0.4 is 10.1 Å². The Morgan fingerprint density at radius 3 is 3.13 bits per heavy atom. The molecule has 0 radical (unpaired) electrons. The average molecular weight is 205 g/mol. The Kier molecular flexibility index (Phi) is 3.27. The van der Waals surface area contributed by atoms with Gasteiger partial charge in [-0.3, -0.25) is 0 Å². The molecule has 0 saturated carbocycles. The molecule has 1 aromatic carbocycles. The van der Waals surface area contributed by atoms with E-state index < -0.39 is 0 Å². The van der Waals surface area contributed by atoms with Crippen molar-refractivity contribution < 1.29 is 4.74 Å². The zero-order chi connectivity index (χ0) is 10.7. The van der Waals surface area contributed by atoms with Gasteiger partial charge >= 0.3 is 0 Å². The fraction of sp³-hybridized carbons (Fsp3) is 0.538. The van der Waals surface area contributed by atoms with Crippen LogP contribution in [0.3, 0.4) is 0 Å². The second-order valence-corrected chi connectivity index (χ2v) is 4.37. The smallest absolute Gasteiger partial charge is 0.125 e. The van der Waals surface area contributed by atoms with Gasteiger partial charge in [0.2, 0.25) is 0 Å². The Bertz CT molecular complexity index is 335. The molecule has 82 valence electrons. The molecule has 0 fully saturated rings. The number of para-hydroxylation sites is 1. The molecule has 1 heterocycles. The van der Waals surface area contributed by atoms with Crippen LogP contribution >= 0.6 is 0 Å². The first-order chi connectivity index (χ1) is 7.31. The molecule has 0 saturated heterocycles. The van der Waals surface area contributed by atoms with Gasteiger partial charge in [0.05, 0.1) is 6.61 Å². The predicted octanol–water partition coefficient (Wildman–Crippen LogP) is 2.02. The van der Waals surface area contributed by atoms with Crippen LogP contribution in [0, 0.1) is 5.92 Å². The fourth-order valence-electron chi connectivity index (χ4n) is 2.24. The van der Waals surface area contributed by atoms with Crippen LogP contribution in [-0.2, 0) is 12.8 Å². The van der Waals surface area contributed by atoms with E-state index in [4.69, 9.17) is 4.74 Å². The second-order valence-electron chi connectivity index (χ2n) is 4.37. The van der Waals surface area contributed by atoms with Gasteiger partial charge in [0.15, 0.2) is 0 Å². The third kappa shape index (κ3) is 2.32. The maximum Gasteiger partial charge on any atom is 0.125 e. The zero-order valence-electron chi connectivity index (χ0n) is 9.55. The molecule has 2 rings (SSSR count). The Balaban J connectivity index is 2.11. The normalized spacial score (nSPS) is 15.9. The van der Waals surface area contributed by atoms with Crippen LogP contribution in [-0.4, -0.2) is 20.2 Å². The molecule has 0 bridgehead atoms. The largest absolute Gasteiger partial charge is 0.493 e. The van der Waals surface area contributed by atoms with Crippen LogP contribution in [0.2, 0.25) is 0 Å². The van der Waals surface area contributed by atoms with Crippen LogP contribution in [0.5, 0.6) is 5.75 Å².